The molecule has 1 aliphatic rings. The Balaban J connectivity index is 1.83. The molecule has 1 amide bonds. The molecule has 2 N–H and O–H groups in total. The number of fused-ring (bicyclic) bond motifs is 1. The molecule has 20 heavy (non-hydrogen) atoms. The zero-order chi connectivity index (χ0) is 14.1. The second-order valence-corrected chi connectivity index (χ2v) is 5.58. The highest BCUT2D eigenvalue weighted by molar-refractivity contribution is 9.10. The summed E-state index contributed by atoms with van der Waals surface area (Å²) in [5, 5.41) is 13.0. The number of halogens is 1. The van der Waals surface area contributed by atoms with Crippen molar-refractivity contribution in [3.63, 3.8) is 0 Å². The van der Waals surface area contributed by atoms with Gasteiger partial charge in [0.1, 0.15) is 10.3 Å². The normalized spacial score (nSPS) is 20.5. The van der Waals surface area contributed by atoms with Gasteiger partial charge in [-0.3, -0.25) is 4.79 Å². The topological polar surface area (TPSA) is 62.2 Å². The van der Waals surface area contributed by atoms with Crippen LogP contribution in [0.15, 0.2) is 47.1 Å². The highest BCUT2D eigenvalue weighted by Gasteiger charge is 2.32. The third-order valence-electron chi connectivity index (χ3n) is 3.44. The molecule has 4 nitrogen and oxygen atoms in total. The fraction of sp³-hybridized carbons (Fsp3) is 0.200. The zero-order valence-corrected chi connectivity index (χ0v) is 12.2. The number of hydrogen-bond acceptors (Lipinski definition) is 3. The summed E-state index contributed by atoms with van der Waals surface area (Å²) >= 11 is 3.24. The first kappa shape index (κ1) is 13.3. The summed E-state index contributed by atoms with van der Waals surface area (Å²) in [5.41, 5.74) is 2.38. The summed E-state index contributed by atoms with van der Waals surface area (Å²) in [6, 6.07) is 12.5. The lowest BCUT2D eigenvalue weighted by Gasteiger charge is -2.17. The van der Waals surface area contributed by atoms with Crippen LogP contribution in [0.25, 0.3) is 0 Å². The standard InChI is InChI=1S/C15H13BrN2O2/c16-13-7-3-6-11(17-13)15(20)18-14-10-5-2-1-4-9(10)8-12(14)19/h1-7,12,14,19H,8H2,(H,18,20). The van der Waals surface area contributed by atoms with Gasteiger partial charge >= 0.3 is 0 Å². The average Bonchev–Trinajstić information content (AvgIpc) is 2.75. The van der Waals surface area contributed by atoms with Gasteiger partial charge in [0.2, 0.25) is 0 Å². The van der Waals surface area contributed by atoms with Gasteiger partial charge in [-0.2, -0.15) is 0 Å². The van der Waals surface area contributed by atoms with Gasteiger partial charge in [0.05, 0.1) is 12.1 Å². The Morgan fingerprint density at radius 2 is 2.05 bits per heavy atom. The van der Waals surface area contributed by atoms with Crippen molar-refractivity contribution < 1.29 is 9.90 Å². The van der Waals surface area contributed by atoms with Crippen molar-refractivity contribution in [2.45, 2.75) is 18.6 Å². The number of carbonyl (C=O) groups excluding carboxylic acids is 1. The van der Waals surface area contributed by atoms with Gasteiger partial charge in [-0.15, -0.1) is 0 Å². The molecular formula is C15H13BrN2O2. The van der Waals surface area contributed by atoms with Crippen LogP contribution < -0.4 is 5.32 Å². The molecule has 0 aliphatic heterocycles. The summed E-state index contributed by atoms with van der Waals surface area (Å²) in [7, 11) is 0. The molecule has 0 saturated heterocycles. The summed E-state index contributed by atoms with van der Waals surface area (Å²) in [6.07, 6.45) is -0.0314. The first-order valence-electron chi connectivity index (χ1n) is 6.34. The third-order valence-corrected chi connectivity index (χ3v) is 3.88. The Kier molecular flexibility index (Phi) is 3.54. The lowest BCUT2D eigenvalue weighted by molar-refractivity contribution is 0.0853. The molecule has 1 aromatic carbocycles. The largest absolute Gasteiger partial charge is 0.390 e. The van der Waals surface area contributed by atoms with E-state index in [1.165, 1.54) is 0 Å². The first-order chi connectivity index (χ1) is 9.65. The fourth-order valence-electron chi connectivity index (χ4n) is 2.50. The van der Waals surface area contributed by atoms with Crippen molar-refractivity contribution in [2.75, 3.05) is 0 Å². The van der Waals surface area contributed by atoms with Crippen molar-refractivity contribution in [2.24, 2.45) is 0 Å². The highest BCUT2D eigenvalue weighted by Crippen LogP contribution is 2.31. The minimum absolute atomic E-state index is 0.285. The molecule has 2 aromatic rings. The number of amides is 1. The monoisotopic (exact) mass is 332 g/mol. The van der Waals surface area contributed by atoms with E-state index in [0.29, 0.717) is 16.7 Å². The van der Waals surface area contributed by atoms with Gasteiger partial charge in [0, 0.05) is 6.42 Å². The number of nitrogens with zero attached hydrogens (tertiary/aromatic N) is 1. The highest BCUT2D eigenvalue weighted by atomic mass is 79.9. The van der Waals surface area contributed by atoms with E-state index < -0.39 is 6.10 Å². The number of pyridine rings is 1. The quantitative estimate of drug-likeness (QED) is 0.829. The van der Waals surface area contributed by atoms with Crippen LogP contribution in [0.3, 0.4) is 0 Å². The summed E-state index contributed by atoms with van der Waals surface area (Å²) in [5.74, 6) is -0.285. The van der Waals surface area contributed by atoms with Crippen LogP contribution in [-0.2, 0) is 6.42 Å². The maximum atomic E-state index is 12.2. The SMILES string of the molecule is O=C(NC1c2ccccc2CC1O)c1cccc(Br)n1. The van der Waals surface area contributed by atoms with Gasteiger partial charge in [-0.1, -0.05) is 30.3 Å². The van der Waals surface area contributed by atoms with Crippen LogP contribution in [0.2, 0.25) is 0 Å². The first-order valence-corrected chi connectivity index (χ1v) is 7.14. The van der Waals surface area contributed by atoms with E-state index in [9.17, 15) is 9.90 Å². The lowest BCUT2D eigenvalue weighted by atomic mass is 10.1. The number of hydrogen-bond donors (Lipinski definition) is 2. The van der Waals surface area contributed by atoms with Crippen LogP contribution in [0.1, 0.15) is 27.7 Å². The third kappa shape index (κ3) is 2.46. The summed E-state index contributed by atoms with van der Waals surface area (Å²) in [4.78, 5) is 16.3. The van der Waals surface area contributed by atoms with Crippen molar-refractivity contribution in [3.05, 3.63) is 63.9 Å². The average molecular weight is 333 g/mol. The molecule has 0 bridgehead atoms. The Morgan fingerprint density at radius 1 is 1.25 bits per heavy atom. The van der Waals surface area contributed by atoms with E-state index in [-0.39, 0.29) is 11.9 Å². The Bertz CT molecular complexity index is 660. The maximum absolute atomic E-state index is 12.2. The van der Waals surface area contributed by atoms with Crippen LogP contribution in [0.5, 0.6) is 0 Å². The molecule has 0 saturated carbocycles. The zero-order valence-electron chi connectivity index (χ0n) is 10.6. The molecule has 0 fully saturated rings. The van der Waals surface area contributed by atoms with E-state index in [0.717, 1.165) is 11.1 Å². The Labute approximate surface area is 125 Å². The van der Waals surface area contributed by atoms with Gasteiger partial charge in [0.25, 0.3) is 5.91 Å². The predicted molar refractivity (Wildman–Crippen MR) is 78.3 cm³/mol. The van der Waals surface area contributed by atoms with E-state index in [4.69, 9.17) is 0 Å². The number of benzene rings is 1. The number of rotatable bonds is 2. The van der Waals surface area contributed by atoms with E-state index in [1.54, 1.807) is 18.2 Å². The van der Waals surface area contributed by atoms with Crippen molar-refractivity contribution in [1.82, 2.24) is 10.3 Å². The number of aliphatic hydroxyl groups is 1. The number of aromatic nitrogens is 1. The predicted octanol–water partition coefficient (Wildman–Crippen LogP) is 2.23. The molecule has 0 radical (unpaired) electrons. The second-order valence-electron chi connectivity index (χ2n) is 4.77. The lowest BCUT2D eigenvalue weighted by Crippen LogP contribution is -2.34. The summed E-state index contributed by atoms with van der Waals surface area (Å²) < 4.78 is 0.609. The Morgan fingerprint density at radius 3 is 2.85 bits per heavy atom. The molecule has 0 spiro atoms. The number of aliphatic hydroxyl groups excluding tert-OH is 1. The van der Waals surface area contributed by atoms with E-state index >= 15 is 0 Å². The van der Waals surface area contributed by atoms with Gasteiger partial charge in [0.15, 0.2) is 0 Å². The van der Waals surface area contributed by atoms with Crippen molar-refractivity contribution in [1.29, 1.82) is 0 Å². The molecule has 1 aromatic heterocycles. The van der Waals surface area contributed by atoms with Gasteiger partial charge < -0.3 is 10.4 Å². The molecule has 1 aliphatic carbocycles. The van der Waals surface area contributed by atoms with Crippen molar-refractivity contribution in [3.8, 4) is 0 Å². The van der Waals surface area contributed by atoms with E-state index in [2.05, 4.69) is 26.2 Å². The van der Waals surface area contributed by atoms with Crippen molar-refractivity contribution >= 4 is 21.8 Å². The molecule has 3 rings (SSSR count). The van der Waals surface area contributed by atoms with Crippen LogP contribution in [-0.4, -0.2) is 22.1 Å². The molecular weight excluding hydrogens is 320 g/mol. The van der Waals surface area contributed by atoms with Crippen LogP contribution in [0, 0.1) is 0 Å². The van der Waals surface area contributed by atoms with Gasteiger partial charge in [-0.25, -0.2) is 4.98 Å². The molecule has 102 valence electrons. The maximum Gasteiger partial charge on any atom is 0.270 e. The minimum Gasteiger partial charge on any atom is -0.390 e. The molecule has 5 heteroatoms. The molecule has 1 heterocycles. The molecule has 2 unspecified atom stereocenters. The second kappa shape index (κ2) is 5.34. The van der Waals surface area contributed by atoms with Crippen LogP contribution >= 0.6 is 15.9 Å². The molecule has 2 atom stereocenters. The summed E-state index contributed by atoms with van der Waals surface area (Å²) in [6.45, 7) is 0. The Hall–Kier alpha value is -1.72. The van der Waals surface area contributed by atoms with E-state index in [1.807, 2.05) is 24.3 Å². The van der Waals surface area contributed by atoms with Crippen LogP contribution in [0.4, 0.5) is 0 Å². The number of nitrogens with one attached hydrogen (secondary N) is 1. The number of carbonyl (C=O) groups is 1. The fourth-order valence-corrected chi connectivity index (χ4v) is 2.84. The minimum atomic E-state index is -0.594. The van der Waals surface area contributed by atoms with Gasteiger partial charge in [-0.05, 0) is 39.2 Å². The smallest absolute Gasteiger partial charge is 0.270 e.